The Kier molecular flexibility index (Phi) is 4.33. The number of nitrogens with two attached hydrogens (primary N) is 1. The van der Waals surface area contributed by atoms with Gasteiger partial charge in [0.25, 0.3) is 0 Å². The number of rotatable bonds is 6. The normalized spacial score (nSPS) is 10.6. The third-order valence-corrected chi connectivity index (χ3v) is 2.85. The highest BCUT2D eigenvalue weighted by Gasteiger charge is 1.99. The van der Waals surface area contributed by atoms with Crippen LogP contribution in [-0.2, 0) is 0 Å². The van der Waals surface area contributed by atoms with Crippen molar-refractivity contribution in [2.24, 2.45) is 5.73 Å². The van der Waals surface area contributed by atoms with Gasteiger partial charge in [-0.15, -0.1) is 0 Å². The summed E-state index contributed by atoms with van der Waals surface area (Å²) >= 11 is 0. The van der Waals surface area contributed by atoms with Crippen molar-refractivity contribution in [3.8, 4) is 0 Å². The molecule has 0 saturated heterocycles. The second kappa shape index (κ2) is 6.21. The fourth-order valence-electron chi connectivity index (χ4n) is 1.92. The maximum absolute atomic E-state index is 5.47. The van der Waals surface area contributed by atoms with Gasteiger partial charge in [-0.2, -0.15) is 0 Å². The zero-order chi connectivity index (χ0) is 11.9. The van der Waals surface area contributed by atoms with Gasteiger partial charge in [0.2, 0.25) is 0 Å². The Morgan fingerprint density at radius 2 is 1.94 bits per heavy atom. The third kappa shape index (κ3) is 3.17. The average Bonchev–Trinajstić information content (AvgIpc) is 2.39. The van der Waals surface area contributed by atoms with Gasteiger partial charge in [0.1, 0.15) is 0 Å². The summed E-state index contributed by atoms with van der Waals surface area (Å²) in [5.41, 5.74) is 7.68. The molecular formula is C14H19N3. The van der Waals surface area contributed by atoms with E-state index in [1.807, 2.05) is 30.5 Å². The van der Waals surface area contributed by atoms with Gasteiger partial charge in [-0.05, 0) is 31.5 Å². The fraction of sp³-hybridized carbons (Fsp3) is 0.357. The molecule has 0 atom stereocenters. The zero-order valence-electron chi connectivity index (χ0n) is 10.0. The van der Waals surface area contributed by atoms with Crippen molar-refractivity contribution < 1.29 is 0 Å². The van der Waals surface area contributed by atoms with Crippen LogP contribution in [0.15, 0.2) is 36.5 Å². The van der Waals surface area contributed by atoms with E-state index in [-0.39, 0.29) is 0 Å². The van der Waals surface area contributed by atoms with Crippen molar-refractivity contribution in [1.29, 1.82) is 0 Å². The molecule has 1 aromatic heterocycles. The number of para-hydroxylation sites is 1. The summed E-state index contributed by atoms with van der Waals surface area (Å²) < 4.78 is 0. The third-order valence-electron chi connectivity index (χ3n) is 2.85. The molecule has 0 spiro atoms. The minimum Gasteiger partial charge on any atom is -0.384 e. The van der Waals surface area contributed by atoms with Crippen molar-refractivity contribution in [3.63, 3.8) is 0 Å². The van der Waals surface area contributed by atoms with E-state index >= 15 is 0 Å². The van der Waals surface area contributed by atoms with Crippen molar-refractivity contribution in [2.45, 2.75) is 19.3 Å². The second-order valence-corrected chi connectivity index (χ2v) is 4.15. The quantitative estimate of drug-likeness (QED) is 0.749. The molecule has 3 nitrogen and oxygen atoms in total. The molecule has 17 heavy (non-hydrogen) atoms. The second-order valence-electron chi connectivity index (χ2n) is 4.15. The number of fused-ring (bicyclic) bond motifs is 1. The lowest BCUT2D eigenvalue weighted by Gasteiger charge is -2.08. The summed E-state index contributed by atoms with van der Waals surface area (Å²) in [4.78, 5) is 4.34. The predicted molar refractivity (Wildman–Crippen MR) is 73.1 cm³/mol. The van der Waals surface area contributed by atoms with E-state index in [1.165, 1.54) is 17.5 Å². The number of aromatic nitrogens is 1. The monoisotopic (exact) mass is 229 g/mol. The highest BCUT2D eigenvalue weighted by atomic mass is 14.9. The maximum atomic E-state index is 5.47. The fourth-order valence-corrected chi connectivity index (χ4v) is 1.92. The number of pyridine rings is 1. The lowest BCUT2D eigenvalue weighted by molar-refractivity contribution is 0.707. The summed E-state index contributed by atoms with van der Waals surface area (Å²) in [7, 11) is 0. The van der Waals surface area contributed by atoms with Crippen molar-refractivity contribution in [2.75, 3.05) is 18.4 Å². The Labute approximate surface area is 102 Å². The van der Waals surface area contributed by atoms with E-state index in [9.17, 15) is 0 Å². The summed E-state index contributed by atoms with van der Waals surface area (Å²) in [6.07, 6.45) is 5.31. The molecule has 0 bridgehead atoms. The first-order chi connectivity index (χ1) is 8.42. The van der Waals surface area contributed by atoms with Crippen LogP contribution in [0.1, 0.15) is 19.3 Å². The molecule has 0 saturated carbocycles. The van der Waals surface area contributed by atoms with Crippen LogP contribution in [0, 0.1) is 0 Å². The molecule has 2 rings (SSSR count). The molecule has 0 aliphatic carbocycles. The SMILES string of the molecule is NCCCCCNc1ccnc2ccccc12. The number of unbranched alkanes of at least 4 members (excludes halogenated alkanes) is 2. The van der Waals surface area contributed by atoms with E-state index in [2.05, 4.69) is 16.4 Å². The molecule has 0 aliphatic rings. The molecule has 0 unspecified atom stereocenters. The average molecular weight is 229 g/mol. The standard InChI is InChI=1S/C14H19N3/c15-9-4-1-5-10-16-14-8-11-17-13-7-3-2-6-12(13)14/h2-3,6-8,11H,1,4-5,9-10,15H2,(H,16,17). The van der Waals surface area contributed by atoms with E-state index in [4.69, 9.17) is 5.73 Å². The Hall–Kier alpha value is -1.61. The minimum absolute atomic E-state index is 0.790. The molecule has 1 aromatic carbocycles. The molecule has 0 aliphatic heterocycles. The molecule has 0 amide bonds. The Morgan fingerprint density at radius 3 is 2.82 bits per heavy atom. The van der Waals surface area contributed by atoms with E-state index < -0.39 is 0 Å². The van der Waals surface area contributed by atoms with Crippen LogP contribution in [0.5, 0.6) is 0 Å². The van der Waals surface area contributed by atoms with Crippen LogP contribution in [0.25, 0.3) is 10.9 Å². The number of hydrogen-bond donors (Lipinski definition) is 2. The summed E-state index contributed by atoms with van der Waals surface area (Å²) in [5, 5.41) is 4.65. The summed E-state index contributed by atoms with van der Waals surface area (Å²) in [6, 6.07) is 10.2. The van der Waals surface area contributed by atoms with Gasteiger partial charge >= 0.3 is 0 Å². The molecule has 1 heterocycles. The van der Waals surface area contributed by atoms with Crippen LogP contribution >= 0.6 is 0 Å². The Bertz CT molecular complexity index is 462. The topological polar surface area (TPSA) is 50.9 Å². The van der Waals surface area contributed by atoms with Crippen molar-refractivity contribution in [1.82, 2.24) is 4.98 Å². The Morgan fingerprint density at radius 1 is 1.06 bits per heavy atom. The lowest BCUT2D eigenvalue weighted by atomic mass is 10.2. The van der Waals surface area contributed by atoms with E-state index in [0.717, 1.165) is 31.4 Å². The number of nitrogens with one attached hydrogen (secondary N) is 1. The highest BCUT2D eigenvalue weighted by molar-refractivity contribution is 5.90. The summed E-state index contributed by atoms with van der Waals surface area (Å²) in [5.74, 6) is 0. The molecule has 2 aromatic rings. The lowest BCUT2D eigenvalue weighted by Crippen LogP contribution is -2.04. The van der Waals surface area contributed by atoms with Crippen LogP contribution in [0.2, 0.25) is 0 Å². The predicted octanol–water partition coefficient (Wildman–Crippen LogP) is 2.78. The van der Waals surface area contributed by atoms with Crippen LogP contribution in [-0.4, -0.2) is 18.1 Å². The first kappa shape index (κ1) is 11.9. The largest absolute Gasteiger partial charge is 0.384 e. The van der Waals surface area contributed by atoms with Crippen LogP contribution < -0.4 is 11.1 Å². The van der Waals surface area contributed by atoms with Gasteiger partial charge in [-0.25, -0.2) is 0 Å². The molecule has 3 N–H and O–H groups in total. The van der Waals surface area contributed by atoms with Gasteiger partial charge in [-0.1, -0.05) is 24.6 Å². The molecule has 0 radical (unpaired) electrons. The van der Waals surface area contributed by atoms with Gasteiger partial charge in [-0.3, -0.25) is 4.98 Å². The highest BCUT2D eigenvalue weighted by Crippen LogP contribution is 2.20. The van der Waals surface area contributed by atoms with Crippen molar-refractivity contribution >= 4 is 16.6 Å². The Balaban J connectivity index is 1.98. The van der Waals surface area contributed by atoms with Gasteiger partial charge in [0, 0.05) is 23.8 Å². The molecule has 0 fully saturated rings. The number of anilines is 1. The molecular weight excluding hydrogens is 210 g/mol. The van der Waals surface area contributed by atoms with Crippen molar-refractivity contribution in [3.05, 3.63) is 36.5 Å². The zero-order valence-corrected chi connectivity index (χ0v) is 10.0. The maximum Gasteiger partial charge on any atom is 0.0722 e. The van der Waals surface area contributed by atoms with E-state index in [0.29, 0.717) is 0 Å². The number of nitrogens with zero attached hydrogens (tertiary/aromatic N) is 1. The first-order valence-corrected chi connectivity index (χ1v) is 6.19. The van der Waals surface area contributed by atoms with E-state index in [1.54, 1.807) is 0 Å². The smallest absolute Gasteiger partial charge is 0.0722 e. The number of benzene rings is 1. The van der Waals surface area contributed by atoms with Gasteiger partial charge in [0.15, 0.2) is 0 Å². The minimum atomic E-state index is 0.790. The first-order valence-electron chi connectivity index (χ1n) is 6.19. The number of hydrogen-bond acceptors (Lipinski definition) is 3. The van der Waals surface area contributed by atoms with Crippen LogP contribution in [0.3, 0.4) is 0 Å². The molecule has 3 heteroatoms. The van der Waals surface area contributed by atoms with Crippen LogP contribution in [0.4, 0.5) is 5.69 Å². The van der Waals surface area contributed by atoms with Gasteiger partial charge < -0.3 is 11.1 Å². The van der Waals surface area contributed by atoms with Gasteiger partial charge in [0.05, 0.1) is 5.52 Å². The summed E-state index contributed by atoms with van der Waals surface area (Å²) in [6.45, 7) is 1.78. The molecule has 90 valence electrons.